The van der Waals surface area contributed by atoms with E-state index in [0.29, 0.717) is 0 Å². The van der Waals surface area contributed by atoms with E-state index in [1.165, 1.54) is 37.4 Å². The van der Waals surface area contributed by atoms with Crippen molar-refractivity contribution < 1.29 is 0 Å². The molecule has 0 radical (unpaired) electrons. The molecule has 3 aromatic carbocycles. The molecular weight excluding hydrogens is 380 g/mol. The van der Waals surface area contributed by atoms with Gasteiger partial charge in [-0.25, -0.2) is 0 Å². The van der Waals surface area contributed by atoms with Gasteiger partial charge in [0.25, 0.3) is 0 Å². The van der Waals surface area contributed by atoms with Gasteiger partial charge in [-0.3, -0.25) is 0 Å². The smallest absolute Gasteiger partial charge is 0.149 e. The summed E-state index contributed by atoms with van der Waals surface area (Å²) < 4.78 is 0. The molecule has 3 aromatic rings. The minimum atomic E-state index is -2.59. The number of halogens is 1. The zero-order valence-electron chi connectivity index (χ0n) is 17.2. The molecule has 0 saturated heterocycles. The Balaban J connectivity index is 2.33. The summed E-state index contributed by atoms with van der Waals surface area (Å²) in [5.74, 6) is 0. The van der Waals surface area contributed by atoms with E-state index in [0.717, 1.165) is 0 Å². The molecule has 140 valence electrons. The van der Waals surface area contributed by atoms with Crippen LogP contribution >= 0.6 is 11.1 Å². The van der Waals surface area contributed by atoms with Crippen LogP contribution in [0.5, 0.6) is 0 Å². The molecule has 0 bridgehead atoms. The third-order valence-corrected chi connectivity index (χ3v) is 12.5. The van der Waals surface area contributed by atoms with Gasteiger partial charge in [-0.15, -0.1) is 11.1 Å². The van der Waals surface area contributed by atoms with Crippen LogP contribution in [-0.2, 0) is 0 Å². The maximum absolute atomic E-state index is 7.71. The van der Waals surface area contributed by atoms with E-state index in [9.17, 15) is 0 Å². The fraction of sp³-hybridized carbons (Fsp3) is 0.250. The van der Waals surface area contributed by atoms with Gasteiger partial charge in [-0.1, -0.05) is 108 Å². The largest absolute Gasteiger partial charge is 0.247 e. The van der Waals surface area contributed by atoms with Gasteiger partial charge in [-0.2, -0.15) is 0 Å². The van der Waals surface area contributed by atoms with Crippen LogP contribution in [0.3, 0.4) is 0 Å². The van der Waals surface area contributed by atoms with E-state index in [4.69, 9.17) is 11.1 Å². The molecule has 0 heterocycles. The van der Waals surface area contributed by atoms with Crippen molar-refractivity contribution in [1.29, 1.82) is 0 Å². The summed E-state index contributed by atoms with van der Waals surface area (Å²) in [4.78, 5) is 0. The van der Waals surface area contributed by atoms with Crippen LogP contribution in [0.15, 0.2) is 66.7 Å². The molecular formula is C24H29ClSi2. The van der Waals surface area contributed by atoms with Crippen molar-refractivity contribution in [3.63, 3.8) is 0 Å². The van der Waals surface area contributed by atoms with Gasteiger partial charge in [0.2, 0.25) is 7.38 Å². The summed E-state index contributed by atoms with van der Waals surface area (Å²) >= 11 is 7.71. The molecule has 27 heavy (non-hydrogen) atoms. The fourth-order valence-corrected chi connectivity index (χ4v) is 9.35. The van der Waals surface area contributed by atoms with Crippen molar-refractivity contribution >= 4 is 47.3 Å². The molecule has 0 aliphatic rings. The van der Waals surface area contributed by atoms with Gasteiger partial charge in [0.05, 0.1) is 8.07 Å². The highest BCUT2D eigenvalue weighted by molar-refractivity contribution is 7.40. The van der Waals surface area contributed by atoms with Crippen LogP contribution in [-0.4, -0.2) is 15.5 Å². The molecule has 0 nitrogen and oxygen atoms in total. The SMILES string of the molecule is Cc1cccc([Si](Cl)(c2cccc(C)c2)c2cc(C)cc([Si](C)(C)C)c2)c1. The molecule has 0 spiro atoms. The molecule has 0 atom stereocenters. The fourth-order valence-electron chi connectivity index (χ4n) is 3.63. The summed E-state index contributed by atoms with van der Waals surface area (Å²) in [6.45, 7) is 13.7. The van der Waals surface area contributed by atoms with Crippen LogP contribution in [0.25, 0.3) is 0 Å². The zero-order valence-corrected chi connectivity index (χ0v) is 20.0. The normalized spacial score (nSPS) is 12.3. The van der Waals surface area contributed by atoms with Gasteiger partial charge in [0.15, 0.2) is 0 Å². The Morgan fingerprint density at radius 3 is 1.44 bits per heavy atom. The molecule has 0 unspecified atom stereocenters. The topological polar surface area (TPSA) is 0 Å². The summed E-state index contributed by atoms with van der Waals surface area (Å²) in [5.41, 5.74) is 3.83. The number of hydrogen-bond donors (Lipinski definition) is 0. The highest BCUT2D eigenvalue weighted by atomic mass is 35.6. The third kappa shape index (κ3) is 4.13. The van der Waals surface area contributed by atoms with Crippen molar-refractivity contribution in [1.82, 2.24) is 0 Å². The van der Waals surface area contributed by atoms with E-state index in [-0.39, 0.29) is 0 Å². The molecule has 0 aromatic heterocycles. The Labute approximate surface area is 171 Å². The Hall–Kier alpha value is -1.62. The predicted molar refractivity (Wildman–Crippen MR) is 127 cm³/mol. The number of benzene rings is 3. The van der Waals surface area contributed by atoms with Crippen LogP contribution in [0.1, 0.15) is 16.7 Å². The average Bonchev–Trinajstić information content (AvgIpc) is 2.59. The minimum Gasteiger partial charge on any atom is -0.149 e. The van der Waals surface area contributed by atoms with Crippen LogP contribution in [0.2, 0.25) is 19.6 Å². The van der Waals surface area contributed by atoms with Crippen molar-refractivity contribution in [2.24, 2.45) is 0 Å². The Morgan fingerprint density at radius 2 is 1.00 bits per heavy atom. The van der Waals surface area contributed by atoms with Crippen LogP contribution < -0.4 is 20.7 Å². The van der Waals surface area contributed by atoms with Crippen LogP contribution in [0.4, 0.5) is 0 Å². The summed E-state index contributed by atoms with van der Waals surface area (Å²) in [6.07, 6.45) is 0. The van der Waals surface area contributed by atoms with E-state index in [2.05, 4.69) is 107 Å². The molecule has 0 amide bonds. The predicted octanol–water partition coefficient (Wildman–Crippen LogP) is 4.36. The molecule has 0 aliphatic carbocycles. The second-order valence-corrected chi connectivity index (χ2v) is 18.6. The second-order valence-electron chi connectivity index (χ2n) is 8.74. The first-order valence-electron chi connectivity index (χ1n) is 9.56. The van der Waals surface area contributed by atoms with Crippen molar-refractivity contribution in [3.8, 4) is 0 Å². The Morgan fingerprint density at radius 1 is 0.556 bits per heavy atom. The lowest BCUT2D eigenvalue weighted by molar-refractivity contribution is 1.48. The summed E-state index contributed by atoms with van der Waals surface area (Å²) in [6, 6.07) is 24.6. The lowest BCUT2D eigenvalue weighted by atomic mass is 10.2. The summed E-state index contributed by atoms with van der Waals surface area (Å²) in [7, 11) is -4.02. The molecule has 3 rings (SSSR count). The van der Waals surface area contributed by atoms with Gasteiger partial charge < -0.3 is 0 Å². The molecule has 0 N–H and O–H groups in total. The maximum atomic E-state index is 7.71. The monoisotopic (exact) mass is 408 g/mol. The molecule has 0 aliphatic heterocycles. The molecule has 0 saturated carbocycles. The standard InChI is InChI=1S/C24H29ClSi2/c1-18-9-7-11-21(13-18)27(25,22-12-8-10-19(2)14-22)24-16-20(3)15-23(17-24)26(4,5)6/h7-17H,1-6H3. The van der Waals surface area contributed by atoms with E-state index < -0.39 is 15.5 Å². The maximum Gasteiger partial charge on any atom is 0.247 e. The van der Waals surface area contributed by atoms with Crippen molar-refractivity contribution in [2.45, 2.75) is 40.4 Å². The Bertz CT molecular complexity index is 925. The van der Waals surface area contributed by atoms with Gasteiger partial charge >= 0.3 is 0 Å². The number of aryl methyl sites for hydroxylation is 3. The van der Waals surface area contributed by atoms with E-state index >= 15 is 0 Å². The van der Waals surface area contributed by atoms with Crippen molar-refractivity contribution in [3.05, 3.63) is 83.4 Å². The average molecular weight is 409 g/mol. The highest BCUT2D eigenvalue weighted by Crippen LogP contribution is 2.15. The van der Waals surface area contributed by atoms with E-state index in [1.807, 2.05) is 0 Å². The minimum absolute atomic E-state index is 1.26. The first-order valence-corrected chi connectivity index (χ1v) is 16.1. The van der Waals surface area contributed by atoms with Crippen molar-refractivity contribution in [2.75, 3.05) is 0 Å². The second kappa shape index (κ2) is 7.42. The van der Waals surface area contributed by atoms with Gasteiger partial charge in [-0.05, 0) is 36.3 Å². The van der Waals surface area contributed by atoms with Crippen LogP contribution in [0, 0.1) is 20.8 Å². The summed E-state index contributed by atoms with van der Waals surface area (Å²) in [5, 5.41) is 5.32. The molecule has 0 fully saturated rings. The lowest BCUT2D eigenvalue weighted by Crippen LogP contribution is -2.64. The first-order chi connectivity index (χ1) is 12.6. The first kappa shape index (κ1) is 20.1. The Kier molecular flexibility index (Phi) is 5.53. The zero-order chi connectivity index (χ0) is 19.8. The van der Waals surface area contributed by atoms with Gasteiger partial charge in [0, 0.05) is 0 Å². The highest BCUT2D eigenvalue weighted by Gasteiger charge is 2.39. The third-order valence-electron chi connectivity index (χ3n) is 5.17. The lowest BCUT2D eigenvalue weighted by Gasteiger charge is -2.29. The molecule has 3 heteroatoms. The number of rotatable bonds is 4. The van der Waals surface area contributed by atoms with Gasteiger partial charge in [0.1, 0.15) is 0 Å². The number of hydrogen-bond acceptors (Lipinski definition) is 0. The quantitative estimate of drug-likeness (QED) is 0.341. The van der Waals surface area contributed by atoms with E-state index in [1.54, 1.807) is 0 Å².